The average molecular weight is 260 g/mol. The van der Waals surface area contributed by atoms with Crippen LogP contribution in [0.25, 0.3) is 0 Å². The van der Waals surface area contributed by atoms with Crippen LogP contribution in [0.5, 0.6) is 0 Å². The Balaban J connectivity index is 2.93. The van der Waals surface area contributed by atoms with Crippen molar-refractivity contribution in [1.82, 2.24) is 4.98 Å². The number of Topliss-reactive ketones (excluding diaryl/α,β-unsaturated/α-hetero) is 1. The number of pyridine rings is 1. The molecule has 0 aliphatic carbocycles. The summed E-state index contributed by atoms with van der Waals surface area (Å²) in [5.74, 6) is -0.614. The summed E-state index contributed by atoms with van der Waals surface area (Å²) in [5, 5.41) is 0. The molecule has 1 aromatic heterocycles. The number of rotatable bonds is 5. The van der Waals surface area contributed by atoms with Gasteiger partial charge in [0.15, 0.2) is 5.78 Å². The zero-order valence-corrected chi connectivity index (χ0v) is 10.00. The number of nitrogens with zero attached hydrogens (tertiary/aromatic N) is 1. The highest BCUT2D eigenvalue weighted by molar-refractivity contribution is 5.97. The van der Waals surface area contributed by atoms with Crippen molar-refractivity contribution in [2.75, 3.05) is 0 Å². The maximum Gasteiger partial charge on any atom is 0.417 e. The van der Waals surface area contributed by atoms with Gasteiger partial charge in [-0.15, -0.1) is 0 Å². The van der Waals surface area contributed by atoms with Crippen LogP contribution in [0.2, 0.25) is 0 Å². The standard InChI is InChI=1S/C12H15F3N2O/c1-2-3-8(16)6-11(18)9-7-17-5-4-10(9)12(13,14)15/h4-5,7-8H,2-3,6,16H2,1H3. The predicted molar refractivity (Wildman–Crippen MR) is 61.1 cm³/mol. The van der Waals surface area contributed by atoms with Gasteiger partial charge in [-0.2, -0.15) is 13.2 Å². The number of carbonyl (C=O) groups is 1. The molecule has 3 nitrogen and oxygen atoms in total. The van der Waals surface area contributed by atoms with E-state index in [-0.39, 0.29) is 6.42 Å². The van der Waals surface area contributed by atoms with Crippen molar-refractivity contribution in [1.29, 1.82) is 0 Å². The number of halogens is 3. The number of aromatic nitrogens is 1. The first-order valence-corrected chi connectivity index (χ1v) is 5.66. The fourth-order valence-electron chi connectivity index (χ4n) is 1.68. The summed E-state index contributed by atoms with van der Waals surface area (Å²) in [6.07, 6.45) is -1.29. The lowest BCUT2D eigenvalue weighted by molar-refractivity contribution is -0.138. The Morgan fingerprint density at radius 2 is 2.17 bits per heavy atom. The minimum Gasteiger partial charge on any atom is -0.327 e. The van der Waals surface area contributed by atoms with E-state index in [1.54, 1.807) is 0 Å². The van der Waals surface area contributed by atoms with Gasteiger partial charge in [-0.05, 0) is 12.5 Å². The van der Waals surface area contributed by atoms with Gasteiger partial charge in [0.05, 0.1) is 5.56 Å². The van der Waals surface area contributed by atoms with E-state index < -0.39 is 29.1 Å². The van der Waals surface area contributed by atoms with E-state index in [0.29, 0.717) is 6.42 Å². The van der Waals surface area contributed by atoms with Crippen LogP contribution in [0.15, 0.2) is 18.5 Å². The highest BCUT2D eigenvalue weighted by Gasteiger charge is 2.35. The molecule has 1 unspecified atom stereocenters. The molecule has 100 valence electrons. The van der Waals surface area contributed by atoms with E-state index in [1.165, 1.54) is 0 Å². The summed E-state index contributed by atoms with van der Waals surface area (Å²) in [4.78, 5) is 15.3. The zero-order valence-electron chi connectivity index (χ0n) is 10.00. The molecule has 1 rings (SSSR count). The van der Waals surface area contributed by atoms with Crippen LogP contribution in [-0.4, -0.2) is 16.8 Å². The minimum absolute atomic E-state index is 0.0946. The molecule has 0 fully saturated rings. The molecule has 1 heterocycles. The fourth-order valence-corrected chi connectivity index (χ4v) is 1.68. The monoisotopic (exact) mass is 260 g/mol. The lowest BCUT2D eigenvalue weighted by atomic mass is 9.99. The Morgan fingerprint density at radius 3 is 2.72 bits per heavy atom. The predicted octanol–water partition coefficient (Wildman–Crippen LogP) is 2.80. The summed E-state index contributed by atoms with van der Waals surface area (Å²) in [6, 6.07) is 0.391. The molecular formula is C12H15F3N2O. The fraction of sp³-hybridized carbons (Fsp3) is 0.500. The number of hydrogen-bond acceptors (Lipinski definition) is 3. The lowest BCUT2D eigenvalue weighted by Crippen LogP contribution is -2.25. The van der Waals surface area contributed by atoms with E-state index in [0.717, 1.165) is 24.9 Å². The molecule has 0 aliphatic heterocycles. The molecule has 18 heavy (non-hydrogen) atoms. The normalized spacial score (nSPS) is 13.4. The van der Waals surface area contributed by atoms with Gasteiger partial charge < -0.3 is 5.73 Å². The Bertz CT molecular complexity index is 418. The Labute approximate surface area is 103 Å². The number of hydrogen-bond donors (Lipinski definition) is 1. The Hall–Kier alpha value is -1.43. The molecular weight excluding hydrogens is 245 g/mol. The topological polar surface area (TPSA) is 56.0 Å². The summed E-state index contributed by atoms with van der Waals surface area (Å²) in [5.41, 5.74) is 4.30. The smallest absolute Gasteiger partial charge is 0.327 e. The summed E-state index contributed by atoms with van der Waals surface area (Å²) >= 11 is 0. The molecule has 0 radical (unpaired) electrons. The summed E-state index contributed by atoms with van der Waals surface area (Å²) in [6.45, 7) is 1.90. The van der Waals surface area contributed by atoms with Gasteiger partial charge >= 0.3 is 6.18 Å². The Kier molecular flexibility index (Phi) is 4.84. The number of ketones is 1. The van der Waals surface area contributed by atoms with E-state index in [1.807, 2.05) is 6.92 Å². The third-order valence-electron chi connectivity index (χ3n) is 2.53. The van der Waals surface area contributed by atoms with Crippen molar-refractivity contribution >= 4 is 5.78 Å². The summed E-state index contributed by atoms with van der Waals surface area (Å²) < 4.78 is 38.0. The van der Waals surface area contributed by atoms with Gasteiger partial charge in [0.2, 0.25) is 0 Å². The summed E-state index contributed by atoms with van der Waals surface area (Å²) in [7, 11) is 0. The first kappa shape index (κ1) is 14.6. The number of carbonyl (C=O) groups excluding carboxylic acids is 1. The van der Waals surface area contributed by atoms with Crippen LogP contribution in [-0.2, 0) is 6.18 Å². The molecule has 0 spiro atoms. The molecule has 0 aliphatic rings. The van der Waals surface area contributed by atoms with Gasteiger partial charge in [-0.3, -0.25) is 9.78 Å². The van der Waals surface area contributed by atoms with Crippen molar-refractivity contribution in [3.8, 4) is 0 Å². The van der Waals surface area contributed by atoms with Crippen molar-refractivity contribution in [2.45, 2.75) is 38.4 Å². The van der Waals surface area contributed by atoms with Crippen molar-refractivity contribution in [3.05, 3.63) is 29.6 Å². The number of nitrogens with two attached hydrogens (primary N) is 1. The molecule has 0 bridgehead atoms. The second-order valence-corrected chi connectivity index (χ2v) is 4.10. The third-order valence-corrected chi connectivity index (χ3v) is 2.53. The maximum atomic E-state index is 12.7. The minimum atomic E-state index is -4.55. The second-order valence-electron chi connectivity index (χ2n) is 4.10. The van der Waals surface area contributed by atoms with Gasteiger partial charge in [0.1, 0.15) is 0 Å². The van der Waals surface area contributed by atoms with E-state index in [9.17, 15) is 18.0 Å². The highest BCUT2D eigenvalue weighted by atomic mass is 19.4. The first-order chi connectivity index (χ1) is 8.36. The molecule has 6 heteroatoms. The number of alkyl halides is 3. The SMILES string of the molecule is CCCC(N)CC(=O)c1cnccc1C(F)(F)F. The van der Waals surface area contributed by atoms with Gasteiger partial charge in [0, 0.05) is 30.4 Å². The van der Waals surface area contributed by atoms with E-state index >= 15 is 0 Å². The molecule has 1 atom stereocenters. The molecule has 0 aromatic carbocycles. The van der Waals surface area contributed by atoms with Crippen LogP contribution in [0.1, 0.15) is 42.1 Å². The first-order valence-electron chi connectivity index (χ1n) is 5.66. The molecule has 0 saturated carbocycles. The van der Waals surface area contributed by atoms with Crippen LogP contribution in [0, 0.1) is 0 Å². The van der Waals surface area contributed by atoms with Crippen LogP contribution < -0.4 is 5.73 Å². The maximum absolute atomic E-state index is 12.7. The largest absolute Gasteiger partial charge is 0.417 e. The van der Waals surface area contributed by atoms with E-state index in [4.69, 9.17) is 5.73 Å². The van der Waals surface area contributed by atoms with Crippen LogP contribution in [0.3, 0.4) is 0 Å². The van der Waals surface area contributed by atoms with Gasteiger partial charge in [0.25, 0.3) is 0 Å². The van der Waals surface area contributed by atoms with Crippen LogP contribution in [0.4, 0.5) is 13.2 Å². The highest BCUT2D eigenvalue weighted by Crippen LogP contribution is 2.32. The zero-order chi connectivity index (χ0) is 13.8. The average Bonchev–Trinajstić information content (AvgIpc) is 2.28. The van der Waals surface area contributed by atoms with Crippen molar-refractivity contribution in [3.63, 3.8) is 0 Å². The van der Waals surface area contributed by atoms with Crippen LogP contribution >= 0.6 is 0 Å². The second kappa shape index (κ2) is 5.95. The lowest BCUT2D eigenvalue weighted by Gasteiger charge is -2.13. The van der Waals surface area contributed by atoms with Gasteiger partial charge in [-0.1, -0.05) is 13.3 Å². The molecule has 0 saturated heterocycles. The van der Waals surface area contributed by atoms with Gasteiger partial charge in [-0.25, -0.2) is 0 Å². The third kappa shape index (κ3) is 3.80. The quantitative estimate of drug-likeness (QED) is 0.828. The Morgan fingerprint density at radius 1 is 1.50 bits per heavy atom. The van der Waals surface area contributed by atoms with Crippen molar-refractivity contribution in [2.24, 2.45) is 5.73 Å². The molecule has 0 amide bonds. The van der Waals surface area contributed by atoms with Crippen molar-refractivity contribution < 1.29 is 18.0 Å². The van der Waals surface area contributed by atoms with E-state index in [2.05, 4.69) is 4.98 Å². The molecule has 1 aromatic rings. The molecule has 2 N–H and O–H groups in total.